The monoisotopic (exact) mass is 279 g/mol. The Morgan fingerprint density at radius 3 is 2.81 bits per heavy atom. The highest BCUT2D eigenvalue weighted by Crippen LogP contribution is 2.25. The molecule has 0 fully saturated rings. The van der Waals surface area contributed by atoms with E-state index in [-0.39, 0.29) is 5.92 Å². The molecule has 0 aliphatic heterocycles. The van der Waals surface area contributed by atoms with E-state index < -0.39 is 0 Å². The van der Waals surface area contributed by atoms with Gasteiger partial charge in [0.1, 0.15) is 0 Å². The molecule has 2 rings (SSSR count). The molecule has 0 spiro atoms. The number of halogens is 1. The van der Waals surface area contributed by atoms with Gasteiger partial charge in [-0.25, -0.2) is 0 Å². The highest BCUT2D eigenvalue weighted by Gasteiger charge is 2.15. The predicted molar refractivity (Wildman–Crippen MR) is 68.2 cm³/mol. The van der Waals surface area contributed by atoms with Crippen molar-refractivity contribution in [2.45, 2.75) is 5.92 Å². The van der Waals surface area contributed by atoms with Crippen LogP contribution in [0.3, 0.4) is 0 Å². The molecule has 2 aromatic rings. The molecular weight excluding hydrogens is 266 g/mol. The molecule has 4 heteroatoms. The third-order valence-corrected chi connectivity index (χ3v) is 3.20. The first kappa shape index (κ1) is 11.4. The lowest BCUT2D eigenvalue weighted by Crippen LogP contribution is -2.17. The van der Waals surface area contributed by atoms with E-state index in [1.54, 1.807) is 6.20 Å². The fraction of sp³-hybridized carbons (Fsp3) is 0.250. The first-order valence-corrected chi connectivity index (χ1v) is 5.95. The van der Waals surface area contributed by atoms with Gasteiger partial charge in [-0.05, 0) is 23.8 Å². The topological polar surface area (TPSA) is 43.8 Å². The molecule has 0 saturated heterocycles. The van der Waals surface area contributed by atoms with Crippen LogP contribution < -0.4 is 5.73 Å². The van der Waals surface area contributed by atoms with Crippen molar-refractivity contribution >= 4 is 15.9 Å². The second kappa shape index (κ2) is 4.80. The van der Waals surface area contributed by atoms with Gasteiger partial charge in [0, 0.05) is 35.9 Å². The van der Waals surface area contributed by atoms with Crippen molar-refractivity contribution in [1.82, 2.24) is 9.78 Å². The van der Waals surface area contributed by atoms with Gasteiger partial charge in [0.15, 0.2) is 0 Å². The van der Waals surface area contributed by atoms with E-state index in [0.717, 1.165) is 10.2 Å². The largest absolute Gasteiger partial charge is 0.329 e. The van der Waals surface area contributed by atoms with E-state index >= 15 is 0 Å². The van der Waals surface area contributed by atoms with Gasteiger partial charge in [-0.2, -0.15) is 5.10 Å². The normalized spacial score (nSPS) is 12.7. The minimum Gasteiger partial charge on any atom is -0.329 e. The number of nitrogens with zero attached hydrogens (tertiary/aromatic N) is 2. The van der Waals surface area contributed by atoms with Crippen molar-refractivity contribution in [3.05, 3.63) is 52.3 Å². The Bertz CT molecular complexity index is 479. The molecule has 84 valence electrons. The maximum atomic E-state index is 5.86. The minimum absolute atomic E-state index is 0.199. The summed E-state index contributed by atoms with van der Waals surface area (Å²) in [6.45, 7) is 0.579. The summed E-state index contributed by atoms with van der Waals surface area (Å²) < 4.78 is 2.95. The first-order valence-electron chi connectivity index (χ1n) is 5.16. The molecule has 1 heterocycles. The van der Waals surface area contributed by atoms with E-state index in [1.807, 2.05) is 29.9 Å². The number of aromatic nitrogens is 2. The number of aryl methyl sites for hydroxylation is 1. The van der Waals surface area contributed by atoms with Gasteiger partial charge >= 0.3 is 0 Å². The summed E-state index contributed by atoms with van der Waals surface area (Å²) in [6.07, 6.45) is 1.80. The van der Waals surface area contributed by atoms with Gasteiger partial charge in [0.25, 0.3) is 0 Å². The quantitative estimate of drug-likeness (QED) is 0.937. The average molecular weight is 280 g/mol. The third-order valence-electron chi connectivity index (χ3n) is 2.70. The van der Waals surface area contributed by atoms with Crippen molar-refractivity contribution < 1.29 is 0 Å². The average Bonchev–Trinajstić information content (AvgIpc) is 2.67. The van der Waals surface area contributed by atoms with Crippen LogP contribution in [0.4, 0.5) is 0 Å². The summed E-state index contributed by atoms with van der Waals surface area (Å²) in [7, 11) is 1.94. The summed E-state index contributed by atoms with van der Waals surface area (Å²) in [4.78, 5) is 0. The molecule has 16 heavy (non-hydrogen) atoms. The number of benzene rings is 1. The standard InChI is InChI=1S/C12H14BrN3/c1-16-12(5-6-15-16)11(8-14)9-3-2-4-10(13)7-9/h2-7,11H,8,14H2,1H3. The van der Waals surface area contributed by atoms with Crippen LogP contribution in [0.15, 0.2) is 41.0 Å². The summed E-state index contributed by atoms with van der Waals surface area (Å²) in [5.74, 6) is 0.199. The van der Waals surface area contributed by atoms with Crippen LogP contribution in [0.25, 0.3) is 0 Å². The zero-order valence-electron chi connectivity index (χ0n) is 9.10. The van der Waals surface area contributed by atoms with E-state index in [4.69, 9.17) is 5.73 Å². The molecule has 1 atom stereocenters. The summed E-state index contributed by atoms with van der Waals surface area (Å²) in [5, 5.41) is 4.18. The summed E-state index contributed by atoms with van der Waals surface area (Å²) in [5.41, 5.74) is 8.21. The van der Waals surface area contributed by atoms with Crippen LogP contribution in [0, 0.1) is 0 Å². The Hall–Kier alpha value is -1.13. The van der Waals surface area contributed by atoms with Gasteiger partial charge < -0.3 is 5.73 Å². The van der Waals surface area contributed by atoms with Gasteiger partial charge in [-0.15, -0.1) is 0 Å². The fourth-order valence-electron chi connectivity index (χ4n) is 1.88. The second-order valence-corrected chi connectivity index (χ2v) is 4.64. The van der Waals surface area contributed by atoms with E-state index in [1.165, 1.54) is 5.56 Å². The van der Waals surface area contributed by atoms with Crippen LogP contribution in [0.1, 0.15) is 17.2 Å². The Morgan fingerprint density at radius 2 is 2.25 bits per heavy atom. The van der Waals surface area contributed by atoms with Gasteiger partial charge in [-0.1, -0.05) is 28.1 Å². The molecule has 2 N–H and O–H groups in total. The SMILES string of the molecule is Cn1nccc1C(CN)c1cccc(Br)c1. The van der Waals surface area contributed by atoms with Crippen LogP contribution in [-0.2, 0) is 7.05 Å². The van der Waals surface area contributed by atoms with Gasteiger partial charge in [-0.3, -0.25) is 4.68 Å². The molecule has 3 nitrogen and oxygen atoms in total. The number of hydrogen-bond acceptors (Lipinski definition) is 2. The smallest absolute Gasteiger partial charge is 0.0492 e. The Balaban J connectivity index is 2.40. The van der Waals surface area contributed by atoms with Crippen LogP contribution in [0.5, 0.6) is 0 Å². The summed E-state index contributed by atoms with van der Waals surface area (Å²) >= 11 is 3.48. The zero-order chi connectivity index (χ0) is 11.5. The molecule has 0 aliphatic rings. The van der Waals surface area contributed by atoms with Crippen LogP contribution >= 0.6 is 15.9 Å². The lowest BCUT2D eigenvalue weighted by molar-refractivity contribution is 0.663. The Kier molecular flexibility index (Phi) is 3.41. The Labute approximate surface area is 103 Å². The highest BCUT2D eigenvalue weighted by atomic mass is 79.9. The molecule has 0 radical (unpaired) electrons. The van der Waals surface area contributed by atoms with E-state index in [9.17, 15) is 0 Å². The molecule has 0 amide bonds. The molecular formula is C12H14BrN3. The third kappa shape index (κ3) is 2.18. The predicted octanol–water partition coefficient (Wildman–Crippen LogP) is 2.27. The van der Waals surface area contributed by atoms with Crippen molar-refractivity contribution in [2.75, 3.05) is 6.54 Å². The molecule has 0 aliphatic carbocycles. The van der Waals surface area contributed by atoms with E-state index in [2.05, 4.69) is 33.2 Å². The second-order valence-electron chi connectivity index (χ2n) is 3.72. The number of rotatable bonds is 3. The van der Waals surface area contributed by atoms with Crippen LogP contribution in [0.2, 0.25) is 0 Å². The van der Waals surface area contributed by atoms with Crippen molar-refractivity contribution in [1.29, 1.82) is 0 Å². The van der Waals surface area contributed by atoms with E-state index in [0.29, 0.717) is 6.54 Å². The zero-order valence-corrected chi connectivity index (χ0v) is 10.7. The molecule has 1 aromatic carbocycles. The highest BCUT2D eigenvalue weighted by molar-refractivity contribution is 9.10. The maximum absolute atomic E-state index is 5.86. The number of hydrogen-bond donors (Lipinski definition) is 1. The van der Waals surface area contributed by atoms with Crippen LogP contribution in [-0.4, -0.2) is 16.3 Å². The maximum Gasteiger partial charge on any atom is 0.0492 e. The lowest BCUT2D eigenvalue weighted by atomic mass is 9.96. The number of nitrogens with two attached hydrogens (primary N) is 1. The van der Waals surface area contributed by atoms with Gasteiger partial charge in [0.2, 0.25) is 0 Å². The van der Waals surface area contributed by atoms with Crippen molar-refractivity contribution in [2.24, 2.45) is 12.8 Å². The fourth-order valence-corrected chi connectivity index (χ4v) is 2.29. The lowest BCUT2D eigenvalue weighted by Gasteiger charge is -2.15. The minimum atomic E-state index is 0.199. The van der Waals surface area contributed by atoms with Crippen molar-refractivity contribution in [3.8, 4) is 0 Å². The molecule has 0 saturated carbocycles. The molecule has 1 aromatic heterocycles. The Morgan fingerprint density at radius 1 is 1.44 bits per heavy atom. The van der Waals surface area contributed by atoms with Crippen molar-refractivity contribution in [3.63, 3.8) is 0 Å². The first-order chi connectivity index (χ1) is 7.72. The molecule has 0 bridgehead atoms. The van der Waals surface area contributed by atoms with Gasteiger partial charge in [0.05, 0.1) is 0 Å². The summed E-state index contributed by atoms with van der Waals surface area (Å²) in [6, 6.07) is 10.2. The molecule has 1 unspecified atom stereocenters.